The van der Waals surface area contributed by atoms with Gasteiger partial charge in [0.2, 0.25) is 5.91 Å². The Morgan fingerprint density at radius 2 is 1.68 bits per heavy atom. The monoisotopic (exact) mass is 436 g/mol. The molecule has 4 rings (SSSR count). The summed E-state index contributed by atoms with van der Waals surface area (Å²) in [5.41, 5.74) is 3.61. The molecule has 7 heteroatoms. The molecule has 0 bridgehead atoms. The first kappa shape index (κ1) is 20.9. The molecule has 0 aliphatic heterocycles. The highest BCUT2D eigenvalue weighted by atomic mass is 32.2. The molecule has 1 aliphatic carbocycles. The van der Waals surface area contributed by atoms with Crippen molar-refractivity contribution in [2.24, 2.45) is 0 Å². The van der Waals surface area contributed by atoms with Gasteiger partial charge in [0.25, 0.3) is 10.0 Å². The number of hydrogen-bond acceptors (Lipinski definition) is 4. The molecule has 160 valence electrons. The molecular formula is C24H24N2O4S. The molecule has 3 aromatic carbocycles. The van der Waals surface area contributed by atoms with Crippen LogP contribution in [0.2, 0.25) is 0 Å². The summed E-state index contributed by atoms with van der Waals surface area (Å²) in [6.45, 7) is -0.347. The van der Waals surface area contributed by atoms with Gasteiger partial charge in [0.15, 0.2) is 0 Å². The van der Waals surface area contributed by atoms with Gasteiger partial charge in [-0.3, -0.25) is 9.10 Å². The maximum atomic E-state index is 13.3. The Hall–Kier alpha value is -3.32. The summed E-state index contributed by atoms with van der Waals surface area (Å²) >= 11 is 0. The van der Waals surface area contributed by atoms with Crippen molar-refractivity contribution in [3.8, 4) is 5.75 Å². The third-order valence-corrected chi connectivity index (χ3v) is 7.15. The summed E-state index contributed by atoms with van der Waals surface area (Å²) in [5.74, 6) is 0.191. The van der Waals surface area contributed by atoms with E-state index in [1.54, 1.807) is 42.5 Å². The van der Waals surface area contributed by atoms with E-state index >= 15 is 0 Å². The van der Waals surface area contributed by atoms with Gasteiger partial charge < -0.3 is 10.1 Å². The second kappa shape index (κ2) is 8.81. The predicted octanol–water partition coefficient (Wildman–Crippen LogP) is 4.02. The van der Waals surface area contributed by atoms with E-state index < -0.39 is 15.9 Å². The second-order valence-electron chi connectivity index (χ2n) is 7.41. The Kier molecular flexibility index (Phi) is 5.95. The number of nitrogens with one attached hydrogen (secondary N) is 1. The van der Waals surface area contributed by atoms with Crippen molar-refractivity contribution < 1.29 is 17.9 Å². The van der Waals surface area contributed by atoms with Crippen LogP contribution >= 0.6 is 0 Å². The Balaban J connectivity index is 1.61. The third kappa shape index (κ3) is 4.56. The summed E-state index contributed by atoms with van der Waals surface area (Å²) in [4.78, 5) is 13.0. The number of rotatable bonds is 7. The predicted molar refractivity (Wildman–Crippen MR) is 121 cm³/mol. The van der Waals surface area contributed by atoms with Gasteiger partial charge >= 0.3 is 0 Å². The SMILES string of the molecule is COc1ccc(N(CC(=O)Nc2ccc3c(c2)CCC3)S(=O)(=O)c2ccccc2)cc1. The van der Waals surface area contributed by atoms with Crippen LogP contribution in [-0.2, 0) is 27.7 Å². The van der Waals surface area contributed by atoms with Gasteiger partial charge in [0.1, 0.15) is 12.3 Å². The molecule has 0 heterocycles. The number of fused-ring (bicyclic) bond motifs is 1. The zero-order chi connectivity index (χ0) is 21.8. The average Bonchev–Trinajstić information content (AvgIpc) is 3.26. The smallest absolute Gasteiger partial charge is 0.264 e. The second-order valence-corrected chi connectivity index (χ2v) is 9.27. The van der Waals surface area contributed by atoms with E-state index in [0.29, 0.717) is 17.1 Å². The van der Waals surface area contributed by atoms with Crippen LogP contribution in [0.5, 0.6) is 5.75 Å². The van der Waals surface area contributed by atoms with Crippen LogP contribution in [0.3, 0.4) is 0 Å². The number of hydrogen-bond donors (Lipinski definition) is 1. The molecule has 0 radical (unpaired) electrons. The highest BCUT2D eigenvalue weighted by Crippen LogP contribution is 2.27. The van der Waals surface area contributed by atoms with E-state index in [1.165, 1.54) is 30.4 Å². The zero-order valence-corrected chi connectivity index (χ0v) is 18.1. The summed E-state index contributed by atoms with van der Waals surface area (Å²) in [7, 11) is -2.40. The molecule has 6 nitrogen and oxygen atoms in total. The topological polar surface area (TPSA) is 75.7 Å². The number of methoxy groups -OCH3 is 1. The van der Waals surface area contributed by atoms with Crippen molar-refractivity contribution in [1.82, 2.24) is 0 Å². The van der Waals surface area contributed by atoms with Crippen LogP contribution in [-0.4, -0.2) is 28.0 Å². The molecule has 3 aromatic rings. The molecular weight excluding hydrogens is 412 g/mol. The van der Waals surface area contributed by atoms with Crippen LogP contribution in [0.15, 0.2) is 77.7 Å². The molecule has 1 aliphatic rings. The van der Waals surface area contributed by atoms with Gasteiger partial charge in [0.05, 0.1) is 17.7 Å². The van der Waals surface area contributed by atoms with E-state index in [2.05, 4.69) is 5.32 Å². The summed E-state index contributed by atoms with van der Waals surface area (Å²) in [5, 5.41) is 2.85. The van der Waals surface area contributed by atoms with Crippen molar-refractivity contribution in [3.05, 3.63) is 83.9 Å². The van der Waals surface area contributed by atoms with Crippen molar-refractivity contribution >= 4 is 27.3 Å². The fourth-order valence-electron chi connectivity index (χ4n) is 3.76. The van der Waals surface area contributed by atoms with Crippen LogP contribution in [0, 0.1) is 0 Å². The van der Waals surface area contributed by atoms with Crippen molar-refractivity contribution in [1.29, 1.82) is 0 Å². The lowest BCUT2D eigenvalue weighted by molar-refractivity contribution is -0.114. The molecule has 0 fully saturated rings. The van der Waals surface area contributed by atoms with Crippen molar-refractivity contribution in [2.75, 3.05) is 23.3 Å². The number of nitrogens with zero attached hydrogens (tertiary/aromatic N) is 1. The Labute approximate surface area is 182 Å². The van der Waals surface area contributed by atoms with E-state index in [9.17, 15) is 13.2 Å². The van der Waals surface area contributed by atoms with Gasteiger partial charge in [-0.2, -0.15) is 0 Å². The minimum absolute atomic E-state index is 0.121. The summed E-state index contributed by atoms with van der Waals surface area (Å²) < 4.78 is 33.0. The highest BCUT2D eigenvalue weighted by molar-refractivity contribution is 7.92. The number of anilines is 2. The number of carbonyl (C=O) groups is 1. The fourth-order valence-corrected chi connectivity index (χ4v) is 5.21. The molecule has 1 N–H and O–H groups in total. The third-order valence-electron chi connectivity index (χ3n) is 5.36. The first-order valence-electron chi connectivity index (χ1n) is 10.1. The highest BCUT2D eigenvalue weighted by Gasteiger charge is 2.27. The van der Waals surface area contributed by atoms with Crippen molar-refractivity contribution in [2.45, 2.75) is 24.2 Å². The van der Waals surface area contributed by atoms with Gasteiger partial charge in [-0.1, -0.05) is 24.3 Å². The Morgan fingerprint density at radius 3 is 2.39 bits per heavy atom. The molecule has 0 atom stereocenters. The van der Waals surface area contributed by atoms with Crippen LogP contribution in [0.4, 0.5) is 11.4 Å². The van der Waals surface area contributed by atoms with E-state index in [-0.39, 0.29) is 11.4 Å². The largest absolute Gasteiger partial charge is 0.497 e. The van der Waals surface area contributed by atoms with Crippen molar-refractivity contribution in [3.63, 3.8) is 0 Å². The van der Waals surface area contributed by atoms with Crippen LogP contribution in [0.1, 0.15) is 17.5 Å². The van der Waals surface area contributed by atoms with Crippen LogP contribution in [0.25, 0.3) is 0 Å². The number of benzene rings is 3. The Bertz CT molecular complexity index is 1180. The average molecular weight is 437 g/mol. The standard InChI is InChI=1S/C24H24N2O4S/c1-30-22-14-12-21(13-15-22)26(31(28,29)23-8-3-2-4-9-23)17-24(27)25-20-11-10-18-6-5-7-19(18)16-20/h2-4,8-16H,5-7,17H2,1H3,(H,25,27). The molecule has 0 saturated carbocycles. The maximum Gasteiger partial charge on any atom is 0.264 e. The molecule has 1 amide bonds. The molecule has 0 unspecified atom stereocenters. The number of sulfonamides is 1. The van der Waals surface area contributed by atoms with E-state index in [4.69, 9.17) is 4.74 Å². The number of ether oxygens (including phenoxy) is 1. The maximum absolute atomic E-state index is 13.3. The van der Waals surface area contributed by atoms with Crippen LogP contribution < -0.4 is 14.4 Å². The van der Waals surface area contributed by atoms with Gasteiger partial charge in [-0.25, -0.2) is 8.42 Å². The molecule has 0 spiro atoms. The lowest BCUT2D eigenvalue weighted by Crippen LogP contribution is -2.38. The molecule has 0 saturated heterocycles. The summed E-state index contributed by atoms with van der Waals surface area (Å²) in [6.07, 6.45) is 3.18. The van der Waals surface area contributed by atoms with Gasteiger partial charge in [-0.15, -0.1) is 0 Å². The number of amides is 1. The number of carbonyl (C=O) groups excluding carboxylic acids is 1. The molecule has 31 heavy (non-hydrogen) atoms. The fraction of sp³-hybridized carbons (Fsp3) is 0.208. The van der Waals surface area contributed by atoms with Gasteiger partial charge in [-0.05, 0) is 78.9 Å². The minimum atomic E-state index is -3.94. The quantitative estimate of drug-likeness (QED) is 0.607. The van der Waals surface area contributed by atoms with E-state index in [1.807, 2.05) is 18.2 Å². The lowest BCUT2D eigenvalue weighted by atomic mass is 10.1. The van der Waals surface area contributed by atoms with E-state index in [0.717, 1.165) is 23.6 Å². The molecule has 0 aromatic heterocycles. The zero-order valence-electron chi connectivity index (χ0n) is 17.2. The van der Waals surface area contributed by atoms with Gasteiger partial charge in [0, 0.05) is 5.69 Å². The summed E-state index contributed by atoms with van der Waals surface area (Å²) in [6, 6.07) is 20.6. The normalized spacial score (nSPS) is 12.8. The Morgan fingerprint density at radius 1 is 0.968 bits per heavy atom. The first-order valence-corrected chi connectivity index (χ1v) is 11.5. The first-order chi connectivity index (χ1) is 15.0. The number of aryl methyl sites for hydroxylation is 2. The lowest BCUT2D eigenvalue weighted by Gasteiger charge is -2.24. The minimum Gasteiger partial charge on any atom is -0.497 e.